The van der Waals surface area contributed by atoms with Gasteiger partial charge >= 0.3 is 5.97 Å². The van der Waals surface area contributed by atoms with Gasteiger partial charge in [-0.25, -0.2) is 4.79 Å². The van der Waals surface area contributed by atoms with Crippen LogP contribution in [0.15, 0.2) is 18.2 Å². The van der Waals surface area contributed by atoms with E-state index in [0.29, 0.717) is 22.3 Å². The van der Waals surface area contributed by atoms with Crippen molar-refractivity contribution in [2.45, 2.75) is 18.6 Å². The zero-order valence-electron chi connectivity index (χ0n) is 9.92. The summed E-state index contributed by atoms with van der Waals surface area (Å²) in [7, 11) is 0. The number of aliphatic hydroxyl groups excluding tert-OH is 2. The van der Waals surface area contributed by atoms with Crippen LogP contribution in [0.4, 0.5) is 0 Å². The van der Waals surface area contributed by atoms with E-state index in [1.165, 1.54) is 18.2 Å². The van der Waals surface area contributed by atoms with Gasteiger partial charge in [0.05, 0.1) is 6.10 Å². The predicted molar refractivity (Wildman–Crippen MR) is 74.0 cm³/mol. The molecule has 2 atom stereocenters. The fourth-order valence-electron chi connectivity index (χ4n) is 1.49. The zero-order chi connectivity index (χ0) is 14.4. The van der Waals surface area contributed by atoms with Crippen molar-refractivity contribution in [3.8, 4) is 5.75 Å². The Kier molecular flexibility index (Phi) is 6.57. The number of alkyl halides is 1. The summed E-state index contributed by atoms with van der Waals surface area (Å²) in [5.41, 5.74) is 0.305. The van der Waals surface area contributed by atoms with Gasteiger partial charge < -0.3 is 20.1 Å². The van der Waals surface area contributed by atoms with Crippen molar-refractivity contribution in [3.05, 3.63) is 28.8 Å². The maximum absolute atomic E-state index is 10.5. The van der Waals surface area contributed by atoms with Crippen molar-refractivity contribution in [3.63, 3.8) is 0 Å². The molecule has 0 saturated heterocycles. The number of aliphatic hydroxyl groups is 2. The molecule has 0 radical (unpaired) electrons. The molecule has 0 aliphatic heterocycles. The highest BCUT2D eigenvalue weighted by Crippen LogP contribution is 2.31. The second-order valence-electron chi connectivity index (χ2n) is 3.85. The summed E-state index contributed by atoms with van der Waals surface area (Å²) in [6.45, 7) is -0.547. The van der Waals surface area contributed by atoms with E-state index in [4.69, 9.17) is 21.4 Å². The minimum absolute atomic E-state index is 0.149. The third-order valence-electron chi connectivity index (χ3n) is 2.41. The fraction of sp³-hybridized carbons (Fsp3) is 0.417. The van der Waals surface area contributed by atoms with E-state index in [0.717, 1.165) is 0 Å². The van der Waals surface area contributed by atoms with Crippen molar-refractivity contribution in [1.82, 2.24) is 0 Å². The Labute approximate surface area is 123 Å². The third kappa shape index (κ3) is 4.99. The molecule has 0 saturated carbocycles. The van der Waals surface area contributed by atoms with Gasteiger partial charge in [0.2, 0.25) is 0 Å². The molecule has 0 heterocycles. The Balaban J connectivity index is 2.94. The Morgan fingerprint density at radius 1 is 1.42 bits per heavy atom. The molecule has 106 valence electrons. The average molecular weight is 354 g/mol. The molecule has 7 heteroatoms. The molecule has 0 bridgehead atoms. The molecule has 0 fully saturated rings. The quantitative estimate of drug-likeness (QED) is 0.653. The molecular weight excluding hydrogens is 339 g/mol. The van der Waals surface area contributed by atoms with Crippen LogP contribution < -0.4 is 4.74 Å². The first-order valence-electron chi connectivity index (χ1n) is 5.52. The summed E-state index contributed by atoms with van der Waals surface area (Å²) >= 11 is 8.97. The van der Waals surface area contributed by atoms with Crippen molar-refractivity contribution in [2.75, 3.05) is 11.9 Å². The molecule has 0 spiro atoms. The van der Waals surface area contributed by atoms with E-state index >= 15 is 0 Å². The van der Waals surface area contributed by atoms with E-state index in [9.17, 15) is 15.0 Å². The standard InChI is InChI=1S/C12H14BrClO5/c13-4-3-9(15)12(18)8-2-1-7(14)5-10(8)19-6-11(16)17/h1-2,5,9,12,15,18H,3-4,6H2,(H,16,17). The van der Waals surface area contributed by atoms with Gasteiger partial charge in [0.1, 0.15) is 11.9 Å². The number of aliphatic carboxylic acids is 1. The van der Waals surface area contributed by atoms with Crippen LogP contribution in [0, 0.1) is 0 Å². The van der Waals surface area contributed by atoms with E-state index in [2.05, 4.69) is 15.9 Å². The van der Waals surface area contributed by atoms with Crippen molar-refractivity contribution < 1.29 is 24.9 Å². The summed E-state index contributed by atoms with van der Waals surface area (Å²) in [4.78, 5) is 10.5. The topological polar surface area (TPSA) is 87.0 Å². The molecule has 0 aromatic heterocycles. The Morgan fingerprint density at radius 3 is 2.68 bits per heavy atom. The lowest BCUT2D eigenvalue weighted by atomic mass is 10.0. The van der Waals surface area contributed by atoms with Gasteiger partial charge in [-0.15, -0.1) is 0 Å². The normalized spacial score (nSPS) is 13.9. The minimum Gasteiger partial charge on any atom is -0.481 e. The monoisotopic (exact) mass is 352 g/mol. The van der Waals surface area contributed by atoms with Gasteiger partial charge in [-0.3, -0.25) is 0 Å². The first-order valence-corrected chi connectivity index (χ1v) is 7.01. The molecule has 0 amide bonds. The number of ether oxygens (including phenoxy) is 1. The molecule has 1 aromatic carbocycles. The van der Waals surface area contributed by atoms with Gasteiger partial charge in [-0.2, -0.15) is 0 Å². The molecule has 1 aromatic rings. The van der Waals surface area contributed by atoms with E-state index in [1.807, 2.05) is 0 Å². The van der Waals surface area contributed by atoms with Crippen LogP contribution in [0.3, 0.4) is 0 Å². The Morgan fingerprint density at radius 2 is 2.11 bits per heavy atom. The molecular formula is C12H14BrClO5. The summed E-state index contributed by atoms with van der Waals surface area (Å²) in [6, 6.07) is 4.44. The van der Waals surface area contributed by atoms with Crippen molar-refractivity contribution in [1.29, 1.82) is 0 Å². The molecule has 0 aliphatic rings. The lowest BCUT2D eigenvalue weighted by Gasteiger charge is -2.20. The molecule has 5 nitrogen and oxygen atoms in total. The number of carboxylic acids is 1. The predicted octanol–water partition coefficient (Wildman–Crippen LogP) is 1.98. The number of carbonyl (C=O) groups is 1. The SMILES string of the molecule is O=C(O)COc1cc(Cl)ccc1C(O)C(O)CCBr. The molecule has 3 N–H and O–H groups in total. The Bertz CT molecular complexity index is 440. The fourth-order valence-corrected chi connectivity index (χ4v) is 2.13. The summed E-state index contributed by atoms with van der Waals surface area (Å²) in [6.07, 6.45) is -1.80. The van der Waals surface area contributed by atoms with E-state index < -0.39 is 24.8 Å². The van der Waals surface area contributed by atoms with Gasteiger partial charge in [-0.05, 0) is 18.6 Å². The van der Waals surface area contributed by atoms with Crippen LogP contribution in [-0.2, 0) is 4.79 Å². The van der Waals surface area contributed by atoms with Gasteiger partial charge in [0, 0.05) is 15.9 Å². The second-order valence-corrected chi connectivity index (χ2v) is 5.08. The maximum Gasteiger partial charge on any atom is 0.341 e. The Hall–Kier alpha value is -0.820. The van der Waals surface area contributed by atoms with Crippen LogP contribution in [0.1, 0.15) is 18.1 Å². The van der Waals surface area contributed by atoms with E-state index in [-0.39, 0.29) is 5.75 Å². The number of halogens is 2. The first-order chi connectivity index (χ1) is 8.95. The van der Waals surface area contributed by atoms with Gasteiger partial charge in [-0.1, -0.05) is 33.6 Å². The molecule has 19 heavy (non-hydrogen) atoms. The highest BCUT2D eigenvalue weighted by atomic mass is 79.9. The number of benzene rings is 1. The minimum atomic E-state index is -1.17. The summed E-state index contributed by atoms with van der Waals surface area (Å²) in [5.74, 6) is -0.988. The highest BCUT2D eigenvalue weighted by Gasteiger charge is 2.22. The molecule has 2 unspecified atom stereocenters. The number of rotatable bonds is 7. The largest absolute Gasteiger partial charge is 0.481 e. The zero-order valence-corrected chi connectivity index (χ0v) is 12.3. The maximum atomic E-state index is 10.5. The lowest BCUT2D eigenvalue weighted by Crippen LogP contribution is -2.20. The number of hydrogen-bond donors (Lipinski definition) is 3. The lowest BCUT2D eigenvalue weighted by molar-refractivity contribution is -0.139. The average Bonchev–Trinajstić information content (AvgIpc) is 2.36. The smallest absolute Gasteiger partial charge is 0.341 e. The second kappa shape index (κ2) is 7.69. The summed E-state index contributed by atoms with van der Waals surface area (Å²) < 4.78 is 5.06. The van der Waals surface area contributed by atoms with Crippen LogP contribution in [0.5, 0.6) is 5.75 Å². The van der Waals surface area contributed by atoms with E-state index in [1.54, 1.807) is 0 Å². The molecule has 0 aliphatic carbocycles. The van der Waals surface area contributed by atoms with Gasteiger partial charge in [0.15, 0.2) is 6.61 Å². The highest BCUT2D eigenvalue weighted by molar-refractivity contribution is 9.09. The number of carboxylic acid groups (broad SMARTS) is 1. The summed E-state index contributed by atoms with van der Waals surface area (Å²) in [5, 5.41) is 29.2. The van der Waals surface area contributed by atoms with Crippen LogP contribution in [0.25, 0.3) is 0 Å². The molecule has 1 rings (SSSR count). The first kappa shape index (κ1) is 16.2. The van der Waals surface area contributed by atoms with Crippen LogP contribution in [0.2, 0.25) is 5.02 Å². The van der Waals surface area contributed by atoms with Crippen LogP contribution >= 0.6 is 27.5 Å². The third-order valence-corrected chi connectivity index (χ3v) is 3.11. The van der Waals surface area contributed by atoms with Crippen molar-refractivity contribution >= 4 is 33.5 Å². The van der Waals surface area contributed by atoms with Gasteiger partial charge in [0.25, 0.3) is 0 Å². The van der Waals surface area contributed by atoms with Crippen LogP contribution in [-0.4, -0.2) is 39.3 Å². The number of hydrogen-bond acceptors (Lipinski definition) is 4. The van der Waals surface area contributed by atoms with Crippen molar-refractivity contribution in [2.24, 2.45) is 0 Å².